The van der Waals surface area contributed by atoms with Crippen molar-refractivity contribution in [2.45, 2.75) is 27.2 Å². The summed E-state index contributed by atoms with van der Waals surface area (Å²) in [6, 6.07) is 7.41. The molecule has 21 heavy (non-hydrogen) atoms. The van der Waals surface area contributed by atoms with Crippen LogP contribution in [0.25, 0.3) is 10.6 Å². The molecule has 0 radical (unpaired) electrons. The van der Waals surface area contributed by atoms with Crippen molar-refractivity contribution in [1.82, 2.24) is 10.2 Å². The minimum atomic E-state index is -0.0466. The normalized spacial score (nSPS) is 11.5. The number of nitrogens with zero attached hydrogens (tertiary/aromatic N) is 3. The smallest absolute Gasteiger partial charge is 0.229 e. The number of aromatic nitrogens is 2. The number of benzene rings is 1. The summed E-state index contributed by atoms with van der Waals surface area (Å²) in [7, 11) is 1.74. The minimum absolute atomic E-state index is 0.0429. The van der Waals surface area contributed by atoms with Crippen LogP contribution < -0.4 is 4.90 Å². The summed E-state index contributed by atoms with van der Waals surface area (Å²) < 4.78 is 0. The molecule has 0 N–H and O–H groups in total. The molecule has 4 nitrogen and oxygen atoms in total. The van der Waals surface area contributed by atoms with Crippen molar-refractivity contribution in [2.24, 2.45) is 5.41 Å². The summed E-state index contributed by atoms with van der Waals surface area (Å²) >= 11 is 7.27. The number of rotatable bonds is 3. The van der Waals surface area contributed by atoms with E-state index in [2.05, 4.69) is 10.2 Å². The van der Waals surface area contributed by atoms with Crippen LogP contribution in [0.3, 0.4) is 0 Å². The van der Waals surface area contributed by atoms with Crippen LogP contribution >= 0.6 is 22.9 Å². The lowest BCUT2D eigenvalue weighted by Crippen LogP contribution is -2.29. The summed E-state index contributed by atoms with van der Waals surface area (Å²) in [5.74, 6) is 0.0429. The quantitative estimate of drug-likeness (QED) is 0.848. The van der Waals surface area contributed by atoms with Crippen LogP contribution in [-0.2, 0) is 4.79 Å². The third-order valence-corrected chi connectivity index (χ3v) is 4.15. The first-order valence-electron chi connectivity index (χ1n) is 6.62. The molecule has 0 spiro atoms. The van der Waals surface area contributed by atoms with E-state index < -0.39 is 0 Å². The van der Waals surface area contributed by atoms with Gasteiger partial charge in [0.15, 0.2) is 0 Å². The third-order valence-electron chi connectivity index (χ3n) is 2.85. The second-order valence-electron chi connectivity index (χ2n) is 6.09. The summed E-state index contributed by atoms with van der Waals surface area (Å²) in [5.41, 5.74) is 0.898. The van der Waals surface area contributed by atoms with Crippen molar-refractivity contribution < 1.29 is 4.79 Å². The molecule has 2 aromatic rings. The number of halogens is 1. The van der Waals surface area contributed by atoms with E-state index in [1.807, 2.05) is 45.0 Å². The summed E-state index contributed by atoms with van der Waals surface area (Å²) in [4.78, 5) is 13.8. The second-order valence-corrected chi connectivity index (χ2v) is 7.48. The van der Waals surface area contributed by atoms with Crippen molar-refractivity contribution in [3.8, 4) is 10.6 Å². The monoisotopic (exact) mass is 323 g/mol. The van der Waals surface area contributed by atoms with Crippen LogP contribution in [0.1, 0.15) is 27.2 Å². The molecular formula is C15H18ClN3OS. The summed E-state index contributed by atoms with van der Waals surface area (Å²) in [5, 5.41) is 10.3. The average molecular weight is 324 g/mol. The fourth-order valence-electron chi connectivity index (χ4n) is 1.74. The SMILES string of the molecule is CN(C(=O)CC(C)(C)C)c1nnc(-c2ccc(Cl)cc2)s1. The van der Waals surface area contributed by atoms with Gasteiger partial charge in [0.2, 0.25) is 11.0 Å². The van der Waals surface area contributed by atoms with E-state index in [4.69, 9.17) is 11.6 Å². The van der Waals surface area contributed by atoms with E-state index in [0.717, 1.165) is 10.6 Å². The molecule has 6 heteroatoms. The van der Waals surface area contributed by atoms with Crippen LogP contribution in [0, 0.1) is 5.41 Å². The van der Waals surface area contributed by atoms with Gasteiger partial charge in [0, 0.05) is 24.1 Å². The largest absolute Gasteiger partial charge is 0.290 e. The van der Waals surface area contributed by atoms with Crippen LogP contribution in [0.2, 0.25) is 5.02 Å². The van der Waals surface area contributed by atoms with Gasteiger partial charge >= 0.3 is 0 Å². The Kier molecular flexibility index (Phi) is 4.64. The predicted molar refractivity (Wildman–Crippen MR) is 87.8 cm³/mol. The number of amides is 1. The molecule has 0 aliphatic heterocycles. The zero-order chi connectivity index (χ0) is 15.6. The maximum atomic E-state index is 12.2. The van der Waals surface area contributed by atoms with Gasteiger partial charge in [-0.15, -0.1) is 10.2 Å². The Morgan fingerprint density at radius 2 is 1.86 bits per heavy atom. The van der Waals surface area contributed by atoms with E-state index in [9.17, 15) is 4.79 Å². The Balaban J connectivity index is 2.16. The molecule has 2 rings (SSSR count). The van der Waals surface area contributed by atoms with Crippen molar-refractivity contribution in [3.63, 3.8) is 0 Å². The van der Waals surface area contributed by atoms with E-state index in [1.54, 1.807) is 11.9 Å². The Hall–Kier alpha value is -1.46. The lowest BCUT2D eigenvalue weighted by Gasteiger charge is -2.21. The highest BCUT2D eigenvalue weighted by Crippen LogP contribution is 2.30. The highest BCUT2D eigenvalue weighted by molar-refractivity contribution is 7.18. The van der Waals surface area contributed by atoms with Gasteiger partial charge in [-0.05, 0) is 17.5 Å². The van der Waals surface area contributed by atoms with Gasteiger partial charge in [-0.25, -0.2) is 0 Å². The zero-order valence-corrected chi connectivity index (χ0v) is 14.1. The summed E-state index contributed by atoms with van der Waals surface area (Å²) in [6.45, 7) is 6.12. The number of anilines is 1. The maximum absolute atomic E-state index is 12.2. The van der Waals surface area contributed by atoms with Gasteiger partial charge in [0.25, 0.3) is 0 Å². The van der Waals surface area contributed by atoms with Crippen molar-refractivity contribution >= 4 is 34.0 Å². The Morgan fingerprint density at radius 1 is 1.24 bits per heavy atom. The Labute approximate surface area is 133 Å². The van der Waals surface area contributed by atoms with E-state index >= 15 is 0 Å². The van der Waals surface area contributed by atoms with Crippen LogP contribution in [0.4, 0.5) is 5.13 Å². The molecule has 1 aromatic heterocycles. The maximum Gasteiger partial charge on any atom is 0.229 e. The zero-order valence-electron chi connectivity index (χ0n) is 12.6. The molecule has 0 unspecified atom stereocenters. The first kappa shape index (κ1) is 15.9. The molecule has 1 amide bonds. The van der Waals surface area contributed by atoms with Gasteiger partial charge in [-0.1, -0.05) is 55.8 Å². The lowest BCUT2D eigenvalue weighted by molar-refractivity contribution is -0.120. The lowest BCUT2D eigenvalue weighted by atomic mass is 9.92. The summed E-state index contributed by atoms with van der Waals surface area (Å²) in [6.07, 6.45) is 0.472. The number of hydrogen-bond donors (Lipinski definition) is 0. The molecule has 0 fully saturated rings. The third kappa shape index (κ3) is 4.25. The number of hydrogen-bond acceptors (Lipinski definition) is 4. The number of carbonyl (C=O) groups is 1. The first-order chi connectivity index (χ1) is 9.76. The fraction of sp³-hybridized carbons (Fsp3) is 0.400. The highest BCUT2D eigenvalue weighted by atomic mass is 35.5. The second kappa shape index (κ2) is 6.12. The molecule has 0 atom stereocenters. The molecule has 112 valence electrons. The van der Waals surface area contributed by atoms with Crippen molar-refractivity contribution in [1.29, 1.82) is 0 Å². The average Bonchev–Trinajstić information content (AvgIpc) is 2.86. The fourth-order valence-corrected chi connectivity index (χ4v) is 2.69. The van der Waals surface area contributed by atoms with Crippen LogP contribution in [0.5, 0.6) is 0 Å². The van der Waals surface area contributed by atoms with Crippen LogP contribution in [-0.4, -0.2) is 23.2 Å². The van der Waals surface area contributed by atoms with Crippen molar-refractivity contribution in [3.05, 3.63) is 29.3 Å². The molecule has 0 aliphatic carbocycles. The van der Waals surface area contributed by atoms with E-state index in [-0.39, 0.29) is 11.3 Å². The van der Waals surface area contributed by atoms with Gasteiger partial charge in [-0.2, -0.15) is 0 Å². The van der Waals surface area contributed by atoms with Gasteiger partial charge in [0.05, 0.1) is 0 Å². The van der Waals surface area contributed by atoms with Gasteiger partial charge in [-0.3, -0.25) is 9.69 Å². The van der Waals surface area contributed by atoms with E-state index in [1.165, 1.54) is 11.3 Å². The predicted octanol–water partition coefficient (Wildman–Crippen LogP) is 4.26. The number of carbonyl (C=O) groups excluding carboxylic acids is 1. The van der Waals surface area contributed by atoms with Crippen LogP contribution in [0.15, 0.2) is 24.3 Å². The molecular weight excluding hydrogens is 306 g/mol. The highest BCUT2D eigenvalue weighted by Gasteiger charge is 2.22. The Bertz CT molecular complexity index is 631. The van der Waals surface area contributed by atoms with Gasteiger partial charge in [0.1, 0.15) is 5.01 Å². The Morgan fingerprint density at radius 3 is 2.43 bits per heavy atom. The van der Waals surface area contributed by atoms with E-state index in [0.29, 0.717) is 16.6 Å². The topological polar surface area (TPSA) is 46.1 Å². The molecule has 1 aromatic carbocycles. The molecule has 0 saturated carbocycles. The molecule has 1 heterocycles. The van der Waals surface area contributed by atoms with Crippen molar-refractivity contribution in [2.75, 3.05) is 11.9 Å². The molecule has 0 bridgehead atoms. The standard InChI is InChI=1S/C15H18ClN3OS/c1-15(2,3)9-12(20)19(4)14-18-17-13(21-14)10-5-7-11(16)8-6-10/h5-8H,9H2,1-4H3. The first-order valence-corrected chi connectivity index (χ1v) is 7.82. The minimum Gasteiger partial charge on any atom is -0.290 e. The molecule has 0 aliphatic rings. The molecule has 0 saturated heterocycles. The van der Waals surface area contributed by atoms with Gasteiger partial charge < -0.3 is 0 Å².